The Balaban J connectivity index is 2.39. The van der Waals surface area contributed by atoms with Crippen molar-refractivity contribution in [1.82, 2.24) is 5.32 Å². The highest BCUT2D eigenvalue weighted by atomic mass is 16.3. The minimum absolute atomic E-state index is 0.114. The van der Waals surface area contributed by atoms with Crippen molar-refractivity contribution in [2.45, 2.75) is 71.1 Å². The Morgan fingerprint density at radius 2 is 1.93 bits per heavy atom. The van der Waals surface area contributed by atoms with Crippen LogP contribution in [0, 0.1) is 5.92 Å². The van der Waals surface area contributed by atoms with Gasteiger partial charge in [0.15, 0.2) is 0 Å². The van der Waals surface area contributed by atoms with Crippen LogP contribution in [0.25, 0.3) is 0 Å². The van der Waals surface area contributed by atoms with Gasteiger partial charge >= 0.3 is 0 Å². The Labute approximate surface area is 88.1 Å². The average molecular weight is 199 g/mol. The topological polar surface area (TPSA) is 32.3 Å². The summed E-state index contributed by atoms with van der Waals surface area (Å²) in [4.78, 5) is 0. The molecule has 1 saturated carbocycles. The van der Waals surface area contributed by atoms with Gasteiger partial charge in [0.05, 0.1) is 6.10 Å². The van der Waals surface area contributed by atoms with E-state index in [0.717, 1.165) is 19.3 Å². The SMILES string of the molecule is CC[C@H](N[C@H]1CCCC[C@H]1O)C(C)C. The Hall–Kier alpha value is -0.0800. The summed E-state index contributed by atoms with van der Waals surface area (Å²) in [6, 6.07) is 0.906. The van der Waals surface area contributed by atoms with E-state index in [-0.39, 0.29) is 6.10 Å². The van der Waals surface area contributed by atoms with Gasteiger partial charge in [-0.05, 0) is 25.2 Å². The highest BCUT2D eigenvalue weighted by Gasteiger charge is 2.25. The van der Waals surface area contributed by atoms with Gasteiger partial charge in [0.1, 0.15) is 0 Å². The van der Waals surface area contributed by atoms with Crippen LogP contribution in [0.1, 0.15) is 52.9 Å². The number of hydrogen-bond donors (Lipinski definition) is 2. The molecular weight excluding hydrogens is 174 g/mol. The molecule has 84 valence electrons. The standard InChI is InChI=1S/C12H25NO/c1-4-10(9(2)3)13-11-7-5-6-8-12(11)14/h9-14H,4-8H2,1-3H3/t10-,11-,12+/m0/s1. The molecule has 14 heavy (non-hydrogen) atoms. The third-order valence-electron chi connectivity index (χ3n) is 3.40. The molecule has 1 fully saturated rings. The van der Waals surface area contributed by atoms with Crippen molar-refractivity contribution < 1.29 is 5.11 Å². The largest absolute Gasteiger partial charge is 0.392 e. The summed E-state index contributed by atoms with van der Waals surface area (Å²) >= 11 is 0. The molecule has 2 heteroatoms. The van der Waals surface area contributed by atoms with Gasteiger partial charge in [0.2, 0.25) is 0 Å². The second kappa shape index (κ2) is 5.72. The van der Waals surface area contributed by atoms with Crippen LogP contribution in [-0.2, 0) is 0 Å². The second-order valence-electron chi connectivity index (χ2n) is 4.88. The lowest BCUT2D eigenvalue weighted by atomic mass is 9.90. The molecule has 1 aliphatic carbocycles. The summed E-state index contributed by atoms with van der Waals surface area (Å²) in [7, 11) is 0. The predicted molar refractivity (Wildman–Crippen MR) is 60.3 cm³/mol. The summed E-state index contributed by atoms with van der Waals surface area (Å²) in [6.07, 6.45) is 5.62. The zero-order valence-electron chi connectivity index (χ0n) is 9.79. The molecule has 0 aromatic carbocycles. The zero-order chi connectivity index (χ0) is 10.6. The number of hydrogen-bond acceptors (Lipinski definition) is 2. The molecule has 0 aromatic heterocycles. The van der Waals surface area contributed by atoms with E-state index in [1.54, 1.807) is 0 Å². The van der Waals surface area contributed by atoms with Crippen LogP contribution in [0.2, 0.25) is 0 Å². The van der Waals surface area contributed by atoms with Crippen molar-refractivity contribution in [3.63, 3.8) is 0 Å². The van der Waals surface area contributed by atoms with E-state index >= 15 is 0 Å². The molecule has 0 aromatic rings. The molecule has 0 spiro atoms. The first-order valence-electron chi connectivity index (χ1n) is 6.09. The minimum Gasteiger partial charge on any atom is -0.392 e. The van der Waals surface area contributed by atoms with Crippen molar-refractivity contribution in [2.24, 2.45) is 5.92 Å². The smallest absolute Gasteiger partial charge is 0.0693 e. The highest BCUT2D eigenvalue weighted by molar-refractivity contribution is 4.84. The lowest BCUT2D eigenvalue weighted by Crippen LogP contribution is -2.48. The van der Waals surface area contributed by atoms with E-state index in [1.807, 2.05) is 0 Å². The van der Waals surface area contributed by atoms with Gasteiger partial charge in [-0.25, -0.2) is 0 Å². The van der Waals surface area contributed by atoms with Crippen LogP contribution in [0.15, 0.2) is 0 Å². The predicted octanol–water partition coefficient (Wildman–Crippen LogP) is 2.31. The first-order valence-corrected chi connectivity index (χ1v) is 6.09. The fourth-order valence-electron chi connectivity index (χ4n) is 2.36. The minimum atomic E-state index is -0.114. The third-order valence-corrected chi connectivity index (χ3v) is 3.40. The fraction of sp³-hybridized carbons (Fsp3) is 1.00. The maximum atomic E-state index is 9.83. The molecule has 0 amide bonds. The van der Waals surface area contributed by atoms with E-state index in [2.05, 4.69) is 26.1 Å². The summed E-state index contributed by atoms with van der Waals surface area (Å²) in [5.74, 6) is 0.661. The van der Waals surface area contributed by atoms with Crippen molar-refractivity contribution in [3.05, 3.63) is 0 Å². The van der Waals surface area contributed by atoms with Crippen molar-refractivity contribution in [3.8, 4) is 0 Å². The maximum Gasteiger partial charge on any atom is 0.0693 e. The van der Waals surface area contributed by atoms with Gasteiger partial charge in [-0.15, -0.1) is 0 Å². The van der Waals surface area contributed by atoms with Crippen molar-refractivity contribution in [2.75, 3.05) is 0 Å². The molecule has 1 aliphatic rings. The molecule has 0 bridgehead atoms. The van der Waals surface area contributed by atoms with Gasteiger partial charge in [0.25, 0.3) is 0 Å². The second-order valence-corrected chi connectivity index (χ2v) is 4.88. The van der Waals surface area contributed by atoms with Crippen molar-refractivity contribution in [1.29, 1.82) is 0 Å². The van der Waals surface area contributed by atoms with E-state index in [4.69, 9.17) is 0 Å². The van der Waals surface area contributed by atoms with Gasteiger partial charge in [-0.3, -0.25) is 0 Å². The van der Waals surface area contributed by atoms with E-state index < -0.39 is 0 Å². The quantitative estimate of drug-likeness (QED) is 0.728. The van der Waals surface area contributed by atoms with Gasteiger partial charge in [0, 0.05) is 12.1 Å². The van der Waals surface area contributed by atoms with Gasteiger partial charge < -0.3 is 10.4 Å². The van der Waals surface area contributed by atoms with Crippen LogP contribution in [0.5, 0.6) is 0 Å². The monoisotopic (exact) mass is 199 g/mol. The molecule has 0 aliphatic heterocycles. The van der Waals surface area contributed by atoms with Crippen LogP contribution < -0.4 is 5.32 Å². The number of aliphatic hydroxyl groups excluding tert-OH is 1. The fourth-order valence-corrected chi connectivity index (χ4v) is 2.36. The Kier molecular flexibility index (Phi) is 4.90. The maximum absolute atomic E-state index is 9.83. The molecular formula is C12H25NO. The van der Waals surface area contributed by atoms with E-state index in [9.17, 15) is 5.11 Å². The normalized spacial score (nSPS) is 30.6. The molecule has 2 nitrogen and oxygen atoms in total. The van der Waals surface area contributed by atoms with Crippen molar-refractivity contribution >= 4 is 0 Å². The van der Waals surface area contributed by atoms with Crippen LogP contribution in [0.3, 0.4) is 0 Å². The summed E-state index contributed by atoms with van der Waals surface area (Å²) < 4.78 is 0. The molecule has 3 atom stereocenters. The summed E-state index contributed by atoms with van der Waals surface area (Å²) in [5.41, 5.74) is 0. The Morgan fingerprint density at radius 1 is 1.29 bits per heavy atom. The average Bonchev–Trinajstić information content (AvgIpc) is 2.16. The van der Waals surface area contributed by atoms with E-state index in [1.165, 1.54) is 12.8 Å². The van der Waals surface area contributed by atoms with Gasteiger partial charge in [-0.2, -0.15) is 0 Å². The lowest BCUT2D eigenvalue weighted by molar-refractivity contribution is 0.0806. The van der Waals surface area contributed by atoms with E-state index in [0.29, 0.717) is 18.0 Å². The van der Waals surface area contributed by atoms with Gasteiger partial charge in [-0.1, -0.05) is 33.6 Å². The van der Waals surface area contributed by atoms with Crippen LogP contribution >= 0.6 is 0 Å². The first-order chi connectivity index (χ1) is 6.65. The summed E-state index contributed by atoms with van der Waals surface area (Å²) in [6.45, 7) is 6.71. The molecule has 0 radical (unpaired) electrons. The molecule has 0 unspecified atom stereocenters. The van der Waals surface area contributed by atoms with Crippen LogP contribution in [-0.4, -0.2) is 23.3 Å². The highest BCUT2D eigenvalue weighted by Crippen LogP contribution is 2.20. The molecule has 2 N–H and O–H groups in total. The molecule has 1 rings (SSSR count). The number of nitrogens with one attached hydrogen (secondary N) is 1. The number of rotatable bonds is 4. The summed E-state index contributed by atoms with van der Waals surface area (Å²) in [5, 5.41) is 13.4. The third kappa shape index (κ3) is 3.25. The zero-order valence-corrected chi connectivity index (χ0v) is 9.79. The Morgan fingerprint density at radius 3 is 2.43 bits per heavy atom. The first kappa shape index (κ1) is 12.0. The lowest BCUT2D eigenvalue weighted by Gasteiger charge is -2.33. The van der Waals surface area contributed by atoms with Crippen LogP contribution in [0.4, 0.5) is 0 Å². The Bertz CT molecular complexity index is 158. The molecule has 0 saturated heterocycles. The molecule has 0 heterocycles. The number of aliphatic hydroxyl groups is 1.